The number of nitrogens with zero attached hydrogens (tertiary/aromatic N) is 3. The fourth-order valence-electron chi connectivity index (χ4n) is 3.71. The number of rotatable bonds is 6. The largest absolute Gasteiger partial charge is 0.491 e. The molecule has 6 heteroatoms. The van der Waals surface area contributed by atoms with Crippen molar-refractivity contribution in [1.29, 1.82) is 0 Å². The number of Topliss-reactive ketones (excluding diaryl/α,β-unsaturated/α-hetero) is 1. The highest BCUT2D eigenvalue weighted by Crippen LogP contribution is 2.24. The Balaban J connectivity index is 1.66. The molecule has 2 aromatic rings. The number of hydrogen-bond donors (Lipinski definition) is 0. The zero-order valence-corrected chi connectivity index (χ0v) is 17.1. The second kappa shape index (κ2) is 8.59. The van der Waals surface area contributed by atoms with E-state index in [1.807, 2.05) is 52.0 Å². The summed E-state index contributed by atoms with van der Waals surface area (Å²) < 4.78 is 7.44. The number of likely N-dealkylation sites (tertiary alicyclic amines) is 1. The molecule has 1 atom stereocenters. The van der Waals surface area contributed by atoms with Gasteiger partial charge in [0, 0.05) is 30.3 Å². The van der Waals surface area contributed by atoms with Crippen LogP contribution < -0.4 is 4.74 Å². The summed E-state index contributed by atoms with van der Waals surface area (Å²) in [5, 5.41) is 4.37. The van der Waals surface area contributed by atoms with Crippen molar-refractivity contribution in [2.24, 2.45) is 5.92 Å². The highest BCUT2D eigenvalue weighted by Gasteiger charge is 2.29. The van der Waals surface area contributed by atoms with E-state index in [1.165, 1.54) is 0 Å². The van der Waals surface area contributed by atoms with E-state index in [0.717, 1.165) is 24.2 Å². The molecule has 28 heavy (non-hydrogen) atoms. The van der Waals surface area contributed by atoms with E-state index >= 15 is 0 Å². The molecule has 1 aromatic carbocycles. The monoisotopic (exact) mass is 383 g/mol. The summed E-state index contributed by atoms with van der Waals surface area (Å²) in [6.07, 6.45) is 1.70. The molecule has 1 aliphatic heterocycles. The van der Waals surface area contributed by atoms with Crippen LogP contribution in [0.25, 0.3) is 0 Å². The van der Waals surface area contributed by atoms with E-state index in [2.05, 4.69) is 5.10 Å². The van der Waals surface area contributed by atoms with Crippen LogP contribution in [-0.4, -0.2) is 45.6 Å². The van der Waals surface area contributed by atoms with Crippen LogP contribution in [0.15, 0.2) is 30.3 Å². The number of ketones is 1. The van der Waals surface area contributed by atoms with Gasteiger partial charge < -0.3 is 9.64 Å². The molecule has 1 saturated heterocycles. The van der Waals surface area contributed by atoms with Gasteiger partial charge in [-0.05, 0) is 58.7 Å². The molecule has 0 unspecified atom stereocenters. The molecule has 1 fully saturated rings. The third-order valence-corrected chi connectivity index (χ3v) is 5.02. The Bertz CT molecular complexity index is 856. The highest BCUT2D eigenvalue weighted by atomic mass is 16.5. The van der Waals surface area contributed by atoms with Crippen LogP contribution in [0.1, 0.15) is 48.4 Å². The van der Waals surface area contributed by atoms with E-state index in [4.69, 9.17) is 4.74 Å². The van der Waals surface area contributed by atoms with Gasteiger partial charge in [0.1, 0.15) is 12.3 Å². The predicted molar refractivity (Wildman–Crippen MR) is 108 cm³/mol. The Morgan fingerprint density at radius 1 is 1.25 bits per heavy atom. The summed E-state index contributed by atoms with van der Waals surface area (Å²) in [5.41, 5.74) is 2.52. The van der Waals surface area contributed by atoms with Crippen molar-refractivity contribution in [3.05, 3.63) is 47.3 Å². The minimum atomic E-state index is -0.174. The maximum Gasteiger partial charge on any atom is 0.244 e. The molecule has 1 aliphatic rings. The SMILES string of the molecule is Cc1cc(C)n(CC(=O)N2CCC[C@H](C(=O)c3cccc(OC(C)C)c3)C2)n1. The number of benzene rings is 1. The van der Waals surface area contributed by atoms with Crippen molar-refractivity contribution in [2.45, 2.75) is 53.2 Å². The molecule has 0 saturated carbocycles. The molecule has 1 aromatic heterocycles. The maximum atomic E-state index is 13.0. The van der Waals surface area contributed by atoms with E-state index in [9.17, 15) is 9.59 Å². The van der Waals surface area contributed by atoms with Crippen molar-refractivity contribution < 1.29 is 14.3 Å². The number of hydrogen-bond acceptors (Lipinski definition) is 4. The third-order valence-electron chi connectivity index (χ3n) is 5.02. The Morgan fingerprint density at radius 2 is 2.04 bits per heavy atom. The quantitative estimate of drug-likeness (QED) is 0.717. The van der Waals surface area contributed by atoms with Crippen LogP contribution in [0.2, 0.25) is 0 Å². The van der Waals surface area contributed by atoms with Crippen molar-refractivity contribution in [1.82, 2.24) is 14.7 Å². The molecular formula is C22H29N3O3. The summed E-state index contributed by atoms with van der Waals surface area (Å²) in [6, 6.07) is 9.30. The summed E-state index contributed by atoms with van der Waals surface area (Å²) in [4.78, 5) is 27.6. The summed E-state index contributed by atoms with van der Waals surface area (Å²) in [7, 11) is 0. The average molecular weight is 383 g/mol. The van der Waals surface area contributed by atoms with Crippen LogP contribution in [-0.2, 0) is 11.3 Å². The van der Waals surface area contributed by atoms with Gasteiger partial charge in [0.25, 0.3) is 0 Å². The molecule has 0 bridgehead atoms. The second-order valence-electron chi connectivity index (χ2n) is 7.82. The van der Waals surface area contributed by atoms with Gasteiger partial charge in [-0.25, -0.2) is 0 Å². The Kier molecular flexibility index (Phi) is 6.17. The number of carbonyl (C=O) groups excluding carboxylic acids is 2. The minimum Gasteiger partial charge on any atom is -0.491 e. The topological polar surface area (TPSA) is 64.4 Å². The summed E-state index contributed by atoms with van der Waals surface area (Å²) in [5.74, 6) is 0.625. The van der Waals surface area contributed by atoms with E-state index in [-0.39, 0.29) is 30.3 Å². The lowest BCUT2D eigenvalue weighted by Gasteiger charge is -2.32. The second-order valence-corrected chi connectivity index (χ2v) is 7.82. The molecule has 2 heterocycles. The molecule has 0 aliphatic carbocycles. The zero-order valence-electron chi connectivity index (χ0n) is 17.1. The lowest BCUT2D eigenvalue weighted by atomic mass is 9.90. The number of ether oxygens (including phenoxy) is 1. The lowest BCUT2D eigenvalue weighted by molar-refractivity contribution is -0.133. The normalized spacial score (nSPS) is 17.0. The van der Waals surface area contributed by atoms with E-state index in [1.54, 1.807) is 15.6 Å². The Morgan fingerprint density at radius 3 is 2.71 bits per heavy atom. The van der Waals surface area contributed by atoms with Gasteiger partial charge in [-0.2, -0.15) is 5.10 Å². The molecular weight excluding hydrogens is 354 g/mol. The van der Waals surface area contributed by atoms with E-state index in [0.29, 0.717) is 24.4 Å². The van der Waals surface area contributed by atoms with Gasteiger partial charge in [0.05, 0.1) is 11.8 Å². The lowest BCUT2D eigenvalue weighted by Crippen LogP contribution is -2.43. The maximum absolute atomic E-state index is 13.0. The number of aryl methyl sites for hydroxylation is 2. The van der Waals surface area contributed by atoms with Gasteiger partial charge >= 0.3 is 0 Å². The first-order valence-corrected chi connectivity index (χ1v) is 9.93. The molecule has 150 valence electrons. The molecule has 0 spiro atoms. The molecule has 0 radical (unpaired) electrons. The number of carbonyl (C=O) groups is 2. The Labute approximate surface area is 166 Å². The van der Waals surface area contributed by atoms with Gasteiger partial charge in [0.15, 0.2) is 5.78 Å². The number of amides is 1. The van der Waals surface area contributed by atoms with E-state index < -0.39 is 0 Å². The van der Waals surface area contributed by atoms with Gasteiger partial charge in [-0.1, -0.05) is 12.1 Å². The molecule has 3 rings (SSSR count). The van der Waals surface area contributed by atoms with Crippen molar-refractivity contribution >= 4 is 11.7 Å². The fraction of sp³-hybridized carbons (Fsp3) is 0.500. The van der Waals surface area contributed by atoms with Gasteiger partial charge in [-0.3, -0.25) is 14.3 Å². The standard InChI is InChI=1S/C22H29N3O3/c1-15(2)28-20-9-5-7-18(12-20)22(27)19-8-6-10-24(13-19)21(26)14-25-17(4)11-16(3)23-25/h5,7,9,11-12,15,19H,6,8,10,13-14H2,1-4H3/t19-/m0/s1. The smallest absolute Gasteiger partial charge is 0.244 e. The fourth-order valence-corrected chi connectivity index (χ4v) is 3.71. The van der Waals surface area contributed by atoms with Crippen molar-refractivity contribution in [2.75, 3.05) is 13.1 Å². The van der Waals surface area contributed by atoms with Crippen molar-refractivity contribution in [3.63, 3.8) is 0 Å². The first kappa shape index (κ1) is 20.1. The van der Waals surface area contributed by atoms with Crippen LogP contribution in [0.5, 0.6) is 5.75 Å². The predicted octanol–water partition coefficient (Wildman–Crippen LogP) is 3.41. The van der Waals surface area contributed by atoms with Gasteiger partial charge in [-0.15, -0.1) is 0 Å². The average Bonchev–Trinajstić information content (AvgIpc) is 2.97. The number of piperidine rings is 1. The highest BCUT2D eigenvalue weighted by molar-refractivity contribution is 5.98. The number of aromatic nitrogens is 2. The van der Waals surface area contributed by atoms with Crippen LogP contribution in [0, 0.1) is 19.8 Å². The zero-order chi connectivity index (χ0) is 20.3. The first-order chi connectivity index (χ1) is 13.3. The minimum absolute atomic E-state index is 0.0144. The summed E-state index contributed by atoms with van der Waals surface area (Å²) >= 11 is 0. The first-order valence-electron chi connectivity index (χ1n) is 9.93. The third kappa shape index (κ3) is 4.80. The molecule has 0 N–H and O–H groups in total. The molecule has 1 amide bonds. The van der Waals surface area contributed by atoms with Gasteiger partial charge in [0.2, 0.25) is 5.91 Å². The molecule has 6 nitrogen and oxygen atoms in total. The summed E-state index contributed by atoms with van der Waals surface area (Å²) in [6.45, 7) is 9.16. The van der Waals surface area contributed by atoms with Crippen LogP contribution in [0.4, 0.5) is 0 Å². The van der Waals surface area contributed by atoms with Crippen LogP contribution >= 0.6 is 0 Å². The Hall–Kier alpha value is -2.63. The van der Waals surface area contributed by atoms with Crippen molar-refractivity contribution in [3.8, 4) is 5.75 Å². The van der Waals surface area contributed by atoms with Crippen LogP contribution in [0.3, 0.4) is 0 Å².